The van der Waals surface area contributed by atoms with Crippen LogP contribution in [-0.2, 0) is 0 Å². The van der Waals surface area contributed by atoms with Gasteiger partial charge in [0, 0.05) is 39.3 Å². The normalized spacial score (nSPS) is 17.1. The molecule has 1 aliphatic rings. The van der Waals surface area contributed by atoms with Gasteiger partial charge in [-0.25, -0.2) is 4.98 Å². The minimum absolute atomic E-state index is 0.167. The van der Waals surface area contributed by atoms with Crippen molar-refractivity contribution in [3.8, 4) is 0 Å². The lowest BCUT2D eigenvalue weighted by molar-refractivity contribution is 0.0933. The first-order valence-corrected chi connectivity index (χ1v) is 7.42. The second-order valence-corrected chi connectivity index (χ2v) is 5.26. The molecule has 1 saturated heterocycles. The van der Waals surface area contributed by atoms with Crippen LogP contribution in [0.2, 0.25) is 5.15 Å². The van der Waals surface area contributed by atoms with Crippen LogP contribution in [0.3, 0.4) is 0 Å². The molecule has 1 aliphatic heterocycles. The molecule has 5 nitrogen and oxygen atoms in total. The van der Waals surface area contributed by atoms with Gasteiger partial charge in [0.25, 0.3) is 5.91 Å². The van der Waals surface area contributed by atoms with Crippen LogP contribution in [-0.4, -0.2) is 66.5 Å². The third-order valence-corrected chi connectivity index (χ3v) is 3.78. The van der Waals surface area contributed by atoms with Crippen LogP contribution >= 0.6 is 11.6 Å². The summed E-state index contributed by atoms with van der Waals surface area (Å²) in [5.74, 6) is -0.167. The highest BCUT2D eigenvalue weighted by atomic mass is 35.5. The summed E-state index contributed by atoms with van der Waals surface area (Å²) >= 11 is 5.77. The summed E-state index contributed by atoms with van der Waals surface area (Å²) in [6, 6.07) is 5.06. The Morgan fingerprint density at radius 3 is 2.65 bits per heavy atom. The van der Waals surface area contributed by atoms with Gasteiger partial charge in [-0.3, -0.25) is 9.69 Å². The molecule has 0 radical (unpaired) electrons. The van der Waals surface area contributed by atoms with Gasteiger partial charge in [0.2, 0.25) is 0 Å². The second kappa shape index (κ2) is 7.57. The maximum atomic E-state index is 11.9. The molecule has 0 atom stereocenters. The van der Waals surface area contributed by atoms with E-state index in [9.17, 15) is 4.79 Å². The maximum Gasteiger partial charge on any atom is 0.269 e. The molecule has 0 spiro atoms. The van der Waals surface area contributed by atoms with Crippen molar-refractivity contribution in [3.05, 3.63) is 29.0 Å². The molecule has 1 amide bonds. The predicted molar refractivity (Wildman–Crippen MR) is 80.1 cm³/mol. The summed E-state index contributed by atoms with van der Waals surface area (Å²) in [5.41, 5.74) is 0.369. The third-order valence-electron chi connectivity index (χ3n) is 3.57. The number of pyridine rings is 1. The van der Waals surface area contributed by atoms with E-state index in [1.165, 1.54) is 0 Å². The monoisotopic (exact) mass is 296 g/mol. The van der Waals surface area contributed by atoms with Gasteiger partial charge in [-0.2, -0.15) is 0 Å². The molecule has 2 heterocycles. The Morgan fingerprint density at radius 1 is 1.30 bits per heavy atom. The molecule has 6 heteroatoms. The third kappa shape index (κ3) is 4.44. The highest BCUT2D eigenvalue weighted by molar-refractivity contribution is 6.29. The highest BCUT2D eigenvalue weighted by Gasteiger charge is 2.15. The zero-order valence-corrected chi connectivity index (χ0v) is 12.6. The van der Waals surface area contributed by atoms with Crippen LogP contribution in [0.4, 0.5) is 0 Å². The van der Waals surface area contributed by atoms with Crippen LogP contribution in [0.25, 0.3) is 0 Å². The molecule has 1 N–H and O–H groups in total. The first kappa shape index (κ1) is 15.2. The molecule has 0 saturated carbocycles. The summed E-state index contributed by atoms with van der Waals surface area (Å²) in [4.78, 5) is 20.7. The lowest BCUT2D eigenvalue weighted by atomic mass is 10.3. The van der Waals surface area contributed by atoms with Gasteiger partial charge < -0.3 is 10.2 Å². The zero-order valence-electron chi connectivity index (χ0n) is 11.8. The fourth-order valence-electron chi connectivity index (χ4n) is 2.28. The van der Waals surface area contributed by atoms with Gasteiger partial charge in [0.05, 0.1) is 0 Å². The first-order chi connectivity index (χ1) is 9.69. The molecule has 2 rings (SSSR count). The minimum atomic E-state index is -0.167. The zero-order chi connectivity index (χ0) is 14.4. The summed E-state index contributed by atoms with van der Waals surface area (Å²) in [6.45, 7) is 9.18. The molecular weight excluding hydrogens is 276 g/mol. The van der Waals surface area contributed by atoms with E-state index in [0.717, 1.165) is 39.3 Å². The number of halogens is 1. The SMILES string of the molecule is CCN1CCN(CCNC(=O)c2cccc(Cl)n2)CC1. The van der Waals surface area contributed by atoms with Crippen molar-refractivity contribution in [3.63, 3.8) is 0 Å². The van der Waals surface area contributed by atoms with Crippen molar-refractivity contribution >= 4 is 17.5 Å². The molecule has 1 fully saturated rings. The topological polar surface area (TPSA) is 48.5 Å². The second-order valence-electron chi connectivity index (χ2n) is 4.88. The van der Waals surface area contributed by atoms with Gasteiger partial charge in [0.15, 0.2) is 0 Å². The van der Waals surface area contributed by atoms with Crippen molar-refractivity contribution in [2.24, 2.45) is 0 Å². The van der Waals surface area contributed by atoms with Crippen LogP contribution < -0.4 is 5.32 Å². The van der Waals surface area contributed by atoms with Crippen molar-refractivity contribution in [2.45, 2.75) is 6.92 Å². The van der Waals surface area contributed by atoms with E-state index in [1.807, 2.05) is 0 Å². The summed E-state index contributed by atoms with van der Waals surface area (Å²) < 4.78 is 0. The summed E-state index contributed by atoms with van der Waals surface area (Å²) in [7, 11) is 0. The van der Waals surface area contributed by atoms with E-state index in [1.54, 1.807) is 18.2 Å². The molecule has 0 unspecified atom stereocenters. The van der Waals surface area contributed by atoms with Crippen LogP contribution in [0.1, 0.15) is 17.4 Å². The Bertz CT molecular complexity index is 447. The number of amides is 1. The molecule has 1 aromatic heterocycles. The van der Waals surface area contributed by atoms with E-state index in [2.05, 4.69) is 27.0 Å². The van der Waals surface area contributed by atoms with Gasteiger partial charge in [-0.1, -0.05) is 24.6 Å². The summed E-state index contributed by atoms with van der Waals surface area (Å²) in [6.07, 6.45) is 0. The molecule has 0 aromatic carbocycles. The number of carbonyl (C=O) groups excluding carboxylic acids is 1. The number of aromatic nitrogens is 1. The first-order valence-electron chi connectivity index (χ1n) is 7.04. The van der Waals surface area contributed by atoms with E-state index in [-0.39, 0.29) is 5.91 Å². The largest absolute Gasteiger partial charge is 0.349 e. The Hall–Kier alpha value is -1.17. The highest BCUT2D eigenvalue weighted by Crippen LogP contribution is 2.05. The number of likely N-dealkylation sites (N-methyl/N-ethyl adjacent to an activating group) is 1. The molecule has 1 aromatic rings. The number of nitrogens with zero attached hydrogens (tertiary/aromatic N) is 3. The molecule has 110 valence electrons. The summed E-state index contributed by atoms with van der Waals surface area (Å²) in [5, 5.41) is 3.22. The number of hydrogen-bond donors (Lipinski definition) is 1. The minimum Gasteiger partial charge on any atom is -0.349 e. The Kier molecular flexibility index (Phi) is 5.76. The van der Waals surface area contributed by atoms with Crippen molar-refractivity contribution in [2.75, 3.05) is 45.8 Å². The van der Waals surface area contributed by atoms with Crippen molar-refractivity contribution < 1.29 is 4.79 Å². The average molecular weight is 297 g/mol. The van der Waals surface area contributed by atoms with Crippen LogP contribution in [0.15, 0.2) is 18.2 Å². The lowest BCUT2D eigenvalue weighted by Gasteiger charge is -2.33. The van der Waals surface area contributed by atoms with Gasteiger partial charge in [-0.15, -0.1) is 0 Å². The smallest absolute Gasteiger partial charge is 0.269 e. The van der Waals surface area contributed by atoms with Gasteiger partial charge >= 0.3 is 0 Å². The number of piperazine rings is 1. The fraction of sp³-hybridized carbons (Fsp3) is 0.571. The van der Waals surface area contributed by atoms with E-state index in [0.29, 0.717) is 17.4 Å². The van der Waals surface area contributed by atoms with E-state index < -0.39 is 0 Å². The van der Waals surface area contributed by atoms with E-state index >= 15 is 0 Å². The molecule has 0 aliphatic carbocycles. The standard InChI is InChI=1S/C14H21ClN4O/c1-2-18-8-10-19(11-9-18)7-6-16-14(20)12-4-3-5-13(15)17-12/h3-5H,2,6-11H2,1H3,(H,16,20). The number of carbonyl (C=O) groups is 1. The average Bonchev–Trinajstić information content (AvgIpc) is 2.48. The molecular formula is C14H21ClN4O. The number of rotatable bonds is 5. The van der Waals surface area contributed by atoms with Crippen molar-refractivity contribution in [1.82, 2.24) is 20.1 Å². The van der Waals surface area contributed by atoms with Gasteiger partial charge in [-0.05, 0) is 18.7 Å². The lowest BCUT2D eigenvalue weighted by Crippen LogP contribution is -2.48. The number of nitrogens with one attached hydrogen (secondary N) is 1. The molecule has 20 heavy (non-hydrogen) atoms. The Morgan fingerprint density at radius 2 is 2.00 bits per heavy atom. The number of hydrogen-bond acceptors (Lipinski definition) is 4. The van der Waals surface area contributed by atoms with Gasteiger partial charge in [0.1, 0.15) is 10.8 Å². The Labute approximate surface area is 124 Å². The molecule has 0 bridgehead atoms. The van der Waals surface area contributed by atoms with E-state index in [4.69, 9.17) is 11.6 Å². The quantitative estimate of drug-likeness (QED) is 0.827. The predicted octanol–water partition coefficient (Wildman–Crippen LogP) is 1.10. The van der Waals surface area contributed by atoms with Crippen LogP contribution in [0, 0.1) is 0 Å². The Balaban J connectivity index is 1.70. The maximum absolute atomic E-state index is 11.9. The van der Waals surface area contributed by atoms with Crippen molar-refractivity contribution in [1.29, 1.82) is 0 Å². The fourth-order valence-corrected chi connectivity index (χ4v) is 2.45. The van der Waals surface area contributed by atoms with Crippen LogP contribution in [0.5, 0.6) is 0 Å².